The fourth-order valence-corrected chi connectivity index (χ4v) is 2.94. The number of amides is 1. The van der Waals surface area contributed by atoms with Gasteiger partial charge in [0.2, 0.25) is 5.91 Å². The molecule has 1 fully saturated rings. The second kappa shape index (κ2) is 5.38. The van der Waals surface area contributed by atoms with Crippen LogP contribution in [0.2, 0.25) is 5.02 Å². The number of fused-ring (bicyclic) bond motifs is 1. The Morgan fingerprint density at radius 2 is 2.25 bits per heavy atom. The molecule has 1 saturated heterocycles. The molecule has 0 saturated carbocycles. The third-order valence-electron chi connectivity index (χ3n) is 3.77. The average molecular weight is 290 g/mol. The number of carbonyl (C=O) groups excluding carboxylic acids is 1. The molecule has 1 unspecified atom stereocenters. The van der Waals surface area contributed by atoms with Gasteiger partial charge in [-0.25, -0.2) is 0 Å². The van der Waals surface area contributed by atoms with Crippen molar-refractivity contribution in [2.24, 2.45) is 0 Å². The predicted molar refractivity (Wildman–Crippen MR) is 81.2 cm³/mol. The van der Waals surface area contributed by atoms with Gasteiger partial charge in [0.05, 0.1) is 22.3 Å². The molecule has 0 aliphatic carbocycles. The Morgan fingerprint density at radius 1 is 1.40 bits per heavy atom. The summed E-state index contributed by atoms with van der Waals surface area (Å²) >= 11 is 6.20. The second-order valence-corrected chi connectivity index (χ2v) is 5.35. The maximum absolute atomic E-state index is 12.5. The van der Waals surface area contributed by atoms with E-state index in [4.69, 9.17) is 11.6 Å². The minimum atomic E-state index is -0.113. The minimum absolute atomic E-state index is 0.105. The van der Waals surface area contributed by atoms with Crippen LogP contribution in [0.15, 0.2) is 30.5 Å². The monoisotopic (exact) mass is 289 g/mol. The molecule has 20 heavy (non-hydrogen) atoms. The number of carbonyl (C=O) groups is 1. The fourth-order valence-electron chi connectivity index (χ4n) is 2.72. The van der Waals surface area contributed by atoms with Crippen LogP contribution in [-0.4, -0.2) is 30.5 Å². The highest BCUT2D eigenvalue weighted by Crippen LogP contribution is 2.32. The summed E-state index contributed by atoms with van der Waals surface area (Å²) in [6, 6.07) is 7.38. The SMILES string of the molecule is CNC1CCCN(c2ccc(Cl)c3cccnc23)C1=O. The maximum Gasteiger partial charge on any atom is 0.244 e. The molecule has 1 aliphatic rings. The zero-order valence-electron chi connectivity index (χ0n) is 11.3. The third-order valence-corrected chi connectivity index (χ3v) is 4.10. The summed E-state index contributed by atoms with van der Waals surface area (Å²) in [6.07, 6.45) is 3.59. The Hall–Kier alpha value is -1.65. The number of nitrogens with one attached hydrogen (secondary N) is 1. The van der Waals surface area contributed by atoms with E-state index in [-0.39, 0.29) is 11.9 Å². The molecule has 0 spiro atoms. The van der Waals surface area contributed by atoms with E-state index in [0.29, 0.717) is 5.02 Å². The molecule has 1 N–H and O–H groups in total. The van der Waals surface area contributed by atoms with E-state index in [9.17, 15) is 4.79 Å². The van der Waals surface area contributed by atoms with Gasteiger partial charge in [-0.15, -0.1) is 0 Å². The molecule has 1 aromatic carbocycles. The summed E-state index contributed by atoms with van der Waals surface area (Å²) in [4.78, 5) is 18.7. The Kier molecular flexibility index (Phi) is 3.59. The smallest absolute Gasteiger partial charge is 0.244 e. The highest BCUT2D eigenvalue weighted by molar-refractivity contribution is 6.36. The number of piperidine rings is 1. The molecule has 1 aliphatic heterocycles. The van der Waals surface area contributed by atoms with Crippen molar-refractivity contribution in [1.82, 2.24) is 10.3 Å². The number of rotatable bonds is 2. The van der Waals surface area contributed by atoms with Crippen LogP contribution in [0.3, 0.4) is 0 Å². The van der Waals surface area contributed by atoms with Crippen molar-refractivity contribution >= 4 is 34.1 Å². The van der Waals surface area contributed by atoms with Gasteiger partial charge >= 0.3 is 0 Å². The van der Waals surface area contributed by atoms with E-state index in [2.05, 4.69) is 10.3 Å². The van der Waals surface area contributed by atoms with E-state index in [0.717, 1.165) is 36.0 Å². The average Bonchev–Trinajstić information content (AvgIpc) is 2.49. The highest BCUT2D eigenvalue weighted by atomic mass is 35.5. The standard InChI is InChI=1S/C15H16ClN3O/c1-17-12-5-3-9-19(15(12)20)13-7-6-11(16)10-4-2-8-18-14(10)13/h2,4,6-8,12,17H,3,5,9H2,1H3. The topological polar surface area (TPSA) is 45.2 Å². The highest BCUT2D eigenvalue weighted by Gasteiger charge is 2.29. The molecule has 4 nitrogen and oxygen atoms in total. The van der Waals surface area contributed by atoms with E-state index in [1.165, 1.54) is 0 Å². The molecule has 0 bridgehead atoms. The van der Waals surface area contributed by atoms with Crippen molar-refractivity contribution in [1.29, 1.82) is 0 Å². The largest absolute Gasteiger partial charge is 0.309 e. The third kappa shape index (κ3) is 2.15. The maximum atomic E-state index is 12.5. The zero-order chi connectivity index (χ0) is 14.1. The summed E-state index contributed by atoms with van der Waals surface area (Å²) in [5.41, 5.74) is 1.63. The number of nitrogens with zero attached hydrogens (tertiary/aromatic N) is 2. The number of benzene rings is 1. The van der Waals surface area contributed by atoms with E-state index in [1.807, 2.05) is 36.2 Å². The zero-order valence-corrected chi connectivity index (χ0v) is 12.0. The number of aromatic nitrogens is 1. The van der Waals surface area contributed by atoms with Crippen molar-refractivity contribution in [3.63, 3.8) is 0 Å². The van der Waals surface area contributed by atoms with Gasteiger partial charge in [-0.1, -0.05) is 11.6 Å². The van der Waals surface area contributed by atoms with Crippen LogP contribution in [0.25, 0.3) is 10.9 Å². The molecular formula is C15H16ClN3O. The number of pyridine rings is 1. The van der Waals surface area contributed by atoms with Crippen molar-refractivity contribution in [2.75, 3.05) is 18.5 Å². The van der Waals surface area contributed by atoms with Crippen molar-refractivity contribution in [3.8, 4) is 0 Å². The van der Waals surface area contributed by atoms with Crippen molar-refractivity contribution < 1.29 is 4.79 Å². The van der Waals surface area contributed by atoms with Gasteiger partial charge in [0, 0.05) is 18.1 Å². The number of hydrogen-bond acceptors (Lipinski definition) is 3. The summed E-state index contributed by atoms with van der Waals surface area (Å²) in [5, 5.41) is 4.61. The molecule has 1 atom stereocenters. The molecule has 104 valence electrons. The first-order valence-electron chi connectivity index (χ1n) is 6.74. The summed E-state index contributed by atoms with van der Waals surface area (Å²) < 4.78 is 0. The Labute approximate surface area is 122 Å². The number of halogens is 1. The predicted octanol–water partition coefficient (Wildman–Crippen LogP) is 2.60. The summed E-state index contributed by atoms with van der Waals surface area (Å²) in [7, 11) is 1.82. The lowest BCUT2D eigenvalue weighted by Crippen LogP contribution is -2.49. The van der Waals surface area contributed by atoms with Crippen molar-refractivity contribution in [3.05, 3.63) is 35.5 Å². The first-order valence-corrected chi connectivity index (χ1v) is 7.12. The Morgan fingerprint density at radius 3 is 3.05 bits per heavy atom. The molecule has 2 heterocycles. The van der Waals surface area contributed by atoms with Crippen molar-refractivity contribution in [2.45, 2.75) is 18.9 Å². The first-order chi connectivity index (χ1) is 9.72. The number of hydrogen-bond donors (Lipinski definition) is 1. The van der Waals surface area contributed by atoms with Gasteiger partial charge < -0.3 is 10.2 Å². The number of anilines is 1. The minimum Gasteiger partial charge on any atom is -0.309 e. The molecule has 0 radical (unpaired) electrons. The Bertz CT molecular complexity index is 659. The molecule has 1 amide bonds. The van der Waals surface area contributed by atoms with Gasteiger partial charge in [-0.3, -0.25) is 9.78 Å². The summed E-state index contributed by atoms with van der Waals surface area (Å²) in [5.74, 6) is 0.105. The first kappa shape index (κ1) is 13.3. The van der Waals surface area contributed by atoms with Crippen LogP contribution in [-0.2, 0) is 4.79 Å². The van der Waals surface area contributed by atoms with Gasteiger partial charge in [0.15, 0.2) is 0 Å². The van der Waals surface area contributed by atoms with Crippen LogP contribution in [0.4, 0.5) is 5.69 Å². The van der Waals surface area contributed by atoms with Crippen LogP contribution in [0, 0.1) is 0 Å². The lowest BCUT2D eigenvalue weighted by atomic mass is 10.0. The van der Waals surface area contributed by atoms with Crippen LogP contribution >= 0.6 is 11.6 Å². The molecule has 1 aromatic heterocycles. The number of likely N-dealkylation sites (N-methyl/N-ethyl adjacent to an activating group) is 1. The summed E-state index contributed by atoms with van der Waals surface area (Å²) in [6.45, 7) is 0.727. The second-order valence-electron chi connectivity index (χ2n) is 4.94. The molecular weight excluding hydrogens is 274 g/mol. The molecule has 3 rings (SSSR count). The van der Waals surface area contributed by atoms with Crippen LogP contribution in [0.5, 0.6) is 0 Å². The quantitative estimate of drug-likeness (QED) is 0.924. The lowest BCUT2D eigenvalue weighted by molar-refractivity contribution is -0.121. The van der Waals surface area contributed by atoms with Gasteiger partial charge in [-0.05, 0) is 44.2 Å². The van der Waals surface area contributed by atoms with E-state index >= 15 is 0 Å². The van der Waals surface area contributed by atoms with Gasteiger partial charge in [0.25, 0.3) is 0 Å². The van der Waals surface area contributed by atoms with E-state index < -0.39 is 0 Å². The van der Waals surface area contributed by atoms with Gasteiger partial charge in [-0.2, -0.15) is 0 Å². The lowest BCUT2D eigenvalue weighted by Gasteiger charge is -2.32. The van der Waals surface area contributed by atoms with Gasteiger partial charge in [0.1, 0.15) is 0 Å². The van der Waals surface area contributed by atoms with Crippen LogP contribution < -0.4 is 10.2 Å². The Balaban J connectivity index is 2.10. The normalized spacial score (nSPS) is 19.6. The molecule has 2 aromatic rings. The van der Waals surface area contributed by atoms with E-state index in [1.54, 1.807) is 6.20 Å². The fraction of sp³-hybridized carbons (Fsp3) is 0.333. The molecule has 5 heteroatoms. The van der Waals surface area contributed by atoms with Crippen LogP contribution in [0.1, 0.15) is 12.8 Å².